The Labute approximate surface area is 126 Å². The maximum atomic E-state index is 10.6. The van der Waals surface area contributed by atoms with Gasteiger partial charge in [0.25, 0.3) is 0 Å². The highest BCUT2D eigenvalue weighted by Crippen LogP contribution is 2.36. The summed E-state index contributed by atoms with van der Waals surface area (Å²) in [5, 5.41) is 14.0. The first kappa shape index (κ1) is 16.1. The zero-order valence-electron chi connectivity index (χ0n) is 13.3. The first-order chi connectivity index (χ1) is 9.97. The molecule has 1 aromatic rings. The second-order valence-electron chi connectivity index (χ2n) is 5.96. The van der Waals surface area contributed by atoms with Crippen LogP contribution >= 0.6 is 0 Å². The van der Waals surface area contributed by atoms with Gasteiger partial charge in [0.15, 0.2) is 11.5 Å². The second-order valence-corrected chi connectivity index (χ2v) is 5.96. The molecule has 1 heterocycles. The van der Waals surface area contributed by atoms with Crippen LogP contribution < -0.4 is 14.8 Å². The van der Waals surface area contributed by atoms with Gasteiger partial charge in [-0.25, -0.2) is 0 Å². The Balaban J connectivity index is 2.36. The van der Waals surface area contributed by atoms with Gasteiger partial charge >= 0.3 is 0 Å². The Morgan fingerprint density at radius 2 is 1.76 bits per heavy atom. The van der Waals surface area contributed by atoms with Gasteiger partial charge in [0.2, 0.25) is 0 Å². The number of benzene rings is 1. The Bertz CT molecular complexity index is 465. The number of ether oxygens (including phenoxy) is 2. The molecule has 0 amide bonds. The van der Waals surface area contributed by atoms with Crippen LogP contribution in [0, 0.1) is 0 Å². The Hall–Kier alpha value is -1.30. The lowest BCUT2D eigenvalue weighted by Gasteiger charge is -2.41. The highest BCUT2D eigenvalue weighted by Gasteiger charge is 2.34. The van der Waals surface area contributed by atoms with Crippen molar-refractivity contribution in [1.29, 1.82) is 0 Å². The van der Waals surface area contributed by atoms with E-state index in [0.29, 0.717) is 11.5 Å². The molecule has 0 saturated carbocycles. The Morgan fingerprint density at radius 3 is 2.29 bits per heavy atom. The van der Waals surface area contributed by atoms with Crippen LogP contribution in [-0.4, -0.2) is 56.0 Å². The monoisotopic (exact) mass is 294 g/mol. The van der Waals surface area contributed by atoms with Crippen LogP contribution in [0.15, 0.2) is 18.2 Å². The van der Waals surface area contributed by atoms with Gasteiger partial charge < -0.3 is 19.9 Å². The van der Waals surface area contributed by atoms with Crippen LogP contribution in [0.2, 0.25) is 0 Å². The molecule has 1 aliphatic rings. The minimum atomic E-state index is -0.836. The van der Waals surface area contributed by atoms with Gasteiger partial charge in [0, 0.05) is 26.2 Å². The molecular weight excluding hydrogens is 268 g/mol. The molecule has 21 heavy (non-hydrogen) atoms. The van der Waals surface area contributed by atoms with Crippen molar-refractivity contribution in [3.63, 3.8) is 0 Å². The van der Waals surface area contributed by atoms with E-state index in [0.717, 1.165) is 31.7 Å². The summed E-state index contributed by atoms with van der Waals surface area (Å²) in [6.07, 6.45) is 0. The lowest BCUT2D eigenvalue weighted by atomic mass is 9.89. The summed E-state index contributed by atoms with van der Waals surface area (Å²) in [4.78, 5) is 2.32. The van der Waals surface area contributed by atoms with E-state index < -0.39 is 5.60 Å². The maximum Gasteiger partial charge on any atom is 0.161 e. The van der Waals surface area contributed by atoms with Gasteiger partial charge in [-0.2, -0.15) is 0 Å². The molecule has 0 aliphatic carbocycles. The number of aliphatic hydroxyl groups is 1. The first-order valence-corrected chi connectivity index (χ1v) is 7.36. The molecule has 0 radical (unpaired) electrons. The molecule has 118 valence electrons. The van der Waals surface area contributed by atoms with Crippen molar-refractivity contribution >= 4 is 0 Å². The number of hydrogen-bond donors (Lipinski definition) is 2. The van der Waals surface area contributed by atoms with Crippen molar-refractivity contribution in [2.75, 3.05) is 40.4 Å². The zero-order chi connectivity index (χ0) is 15.5. The van der Waals surface area contributed by atoms with E-state index in [9.17, 15) is 5.11 Å². The molecule has 1 aliphatic heterocycles. The molecule has 5 nitrogen and oxygen atoms in total. The third kappa shape index (κ3) is 3.67. The fraction of sp³-hybridized carbons (Fsp3) is 0.625. The van der Waals surface area contributed by atoms with E-state index in [4.69, 9.17) is 9.47 Å². The maximum absolute atomic E-state index is 10.6. The lowest BCUT2D eigenvalue weighted by Crippen LogP contribution is -2.50. The first-order valence-electron chi connectivity index (χ1n) is 7.36. The summed E-state index contributed by atoms with van der Waals surface area (Å²) in [5.41, 5.74) is 0.207. The molecule has 1 unspecified atom stereocenters. The van der Waals surface area contributed by atoms with Crippen molar-refractivity contribution < 1.29 is 14.6 Å². The molecular formula is C16H26N2O3. The fourth-order valence-electron chi connectivity index (χ4n) is 3.03. The molecule has 2 rings (SSSR count). The summed E-state index contributed by atoms with van der Waals surface area (Å²) in [6, 6.07) is 5.80. The van der Waals surface area contributed by atoms with Crippen molar-refractivity contribution in [1.82, 2.24) is 10.2 Å². The van der Waals surface area contributed by atoms with Crippen LogP contribution in [-0.2, 0) is 0 Å². The molecule has 1 aromatic carbocycles. The molecule has 1 saturated heterocycles. The van der Waals surface area contributed by atoms with Crippen molar-refractivity contribution in [3.8, 4) is 11.5 Å². The quantitative estimate of drug-likeness (QED) is 0.860. The van der Waals surface area contributed by atoms with Gasteiger partial charge in [-0.05, 0) is 31.5 Å². The number of rotatable bonds is 5. The second kappa shape index (κ2) is 6.64. The third-order valence-corrected chi connectivity index (χ3v) is 3.91. The molecule has 0 bridgehead atoms. The third-order valence-electron chi connectivity index (χ3n) is 3.91. The van der Waals surface area contributed by atoms with E-state index in [1.165, 1.54) is 0 Å². The van der Waals surface area contributed by atoms with Gasteiger partial charge in [-0.15, -0.1) is 0 Å². The number of methoxy groups -OCH3 is 2. The topological polar surface area (TPSA) is 54.0 Å². The summed E-state index contributed by atoms with van der Waals surface area (Å²) >= 11 is 0. The average molecular weight is 294 g/mol. The van der Waals surface area contributed by atoms with Crippen LogP contribution in [0.3, 0.4) is 0 Å². The molecule has 1 fully saturated rings. The largest absolute Gasteiger partial charge is 0.493 e. The summed E-state index contributed by atoms with van der Waals surface area (Å²) in [5.74, 6) is 1.40. The number of hydrogen-bond acceptors (Lipinski definition) is 5. The molecule has 0 spiro atoms. The molecule has 5 heteroatoms. The minimum absolute atomic E-state index is 0.0700. The van der Waals surface area contributed by atoms with Gasteiger partial charge in [-0.3, -0.25) is 4.90 Å². The van der Waals surface area contributed by atoms with E-state index in [-0.39, 0.29) is 6.04 Å². The van der Waals surface area contributed by atoms with Crippen LogP contribution in [0.1, 0.15) is 25.5 Å². The summed E-state index contributed by atoms with van der Waals surface area (Å²) in [7, 11) is 3.26. The zero-order valence-corrected chi connectivity index (χ0v) is 13.3. The predicted molar refractivity (Wildman–Crippen MR) is 83.0 cm³/mol. The average Bonchev–Trinajstić information content (AvgIpc) is 2.47. The van der Waals surface area contributed by atoms with Crippen molar-refractivity contribution in [2.45, 2.75) is 25.5 Å². The van der Waals surface area contributed by atoms with E-state index in [2.05, 4.69) is 10.2 Å². The van der Waals surface area contributed by atoms with E-state index in [1.54, 1.807) is 14.2 Å². The summed E-state index contributed by atoms with van der Waals surface area (Å²) < 4.78 is 10.7. The smallest absolute Gasteiger partial charge is 0.161 e. The standard InChI is InChI=1S/C16H26N2O3/c1-16(2,19)15(18-9-7-17-8-10-18)12-5-6-13(20-3)14(11-12)21-4/h5-6,11,15,17,19H,7-10H2,1-4H3. The van der Waals surface area contributed by atoms with Crippen LogP contribution in [0.4, 0.5) is 0 Å². The van der Waals surface area contributed by atoms with Gasteiger partial charge in [-0.1, -0.05) is 6.07 Å². The lowest BCUT2D eigenvalue weighted by molar-refractivity contribution is -0.0257. The van der Waals surface area contributed by atoms with E-state index in [1.807, 2.05) is 32.0 Å². The highest BCUT2D eigenvalue weighted by atomic mass is 16.5. The highest BCUT2D eigenvalue weighted by molar-refractivity contribution is 5.44. The summed E-state index contributed by atoms with van der Waals surface area (Å²) in [6.45, 7) is 7.44. The van der Waals surface area contributed by atoms with Gasteiger partial charge in [0.1, 0.15) is 0 Å². The van der Waals surface area contributed by atoms with Crippen molar-refractivity contribution in [3.05, 3.63) is 23.8 Å². The van der Waals surface area contributed by atoms with Crippen LogP contribution in [0.5, 0.6) is 11.5 Å². The van der Waals surface area contributed by atoms with Crippen LogP contribution in [0.25, 0.3) is 0 Å². The minimum Gasteiger partial charge on any atom is -0.493 e. The van der Waals surface area contributed by atoms with Gasteiger partial charge in [0.05, 0.1) is 25.9 Å². The molecule has 0 aromatic heterocycles. The van der Waals surface area contributed by atoms with Crippen molar-refractivity contribution in [2.24, 2.45) is 0 Å². The SMILES string of the molecule is COc1ccc(C(N2CCNCC2)C(C)(C)O)cc1OC. The predicted octanol–water partition coefficient (Wildman–Crippen LogP) is 1.42. The van der Waals surface area contributed by atoms with E-state index >= 15 is 0 Å². The molecule has 1 atom stereocenters. The number of nitrogens with one attached hydrogen (secondary N) is 1. The Morgan fingerprint density at radius 1 is 1.14 bits per heavy atom. The fourth-order valence-corrected chi connectivity index (χ4v) is 3.03. The normalized spacial score (nSPS) is 18.3. The number of piperazine rings is 1. The Kier molecular flexibility index (Phi) is 5.08. The molecule has 2 N–H and O–H groups in total. The number of nitrogens with zero attached hydrogens (tertiary/aromatic N) is 1.